The normalized spacial score (nSPS) is 8.86. The summed E-state index contributed by atoms with van der Waals surface area (Å²) in [5.74, 6) is 1.25. The van der Waals surface area contributed by atoms with Crippen LogP contribution in [-0.2, 0) is 4.79 Å². The maximum Gasteiger partial charge on any atom is 0.130 e. The predicted octanol–water partition coefficient (Wildman–Crippen LogP) is 1.33. The molecule has 42 valence electrons. The van der Waals surface area contributed by atoms with Gasteiger partial charge >= 0.3 is 0 Å². The van der Waals surface area contributed by atoms with E-state index in [-0.39, 0.29) is 5.78 Å². The summed E-state index contributed by atoms with van der Waals surface area (Å²) in [4.78, 5) is 10.2. The van der Waals surface area contributed by atoms with Crippen molar-refractivity contribution < 1.29 is 4.79 Å². The molecule has 0 aliphatic rings. The Morgan fingerprint density at radius 1 is 1.71 bits per heavy atom. The van der Waals surface area contributed by atoms with E-state index in [1.807, 2.05) is 6.26 Å². The Labute approximate surface area is 48.5 Å². The highest BCUT2D eigenvalue weighted by atomic mass is 32.2. The van der Waals surface area contributed by atoms with E-state index in [1.54, 1.807) is 18.7 Å². The monoisotopic (exact) mass is 118 g/mol. The molecule has 0 aromatic rings. The lowest BCUT2D eigenvalue weighted by Crippen LogP contribution is -1.89. The second-order valence-electron chi connectivity index (χ2n) is 1.44. The van der Waals surface area contributed by atoms with Crippen molar-refractivity contribution >= 4 is 17.5 Å². The number of Topliss-reactive ketones (excluding diaryl/α,β-unsaturated/α-hetero) is 1. The molecule has 0 aromatic heterocycles. The Balaban J connectivity index is 2.82. The Morgan fingerprint density at radius 2 is 2.29 bits per heavy atom. The minimum atomic E-state index is 0.286. The molecular weight excluding hydrogens is 108 g/mol. The van der Waals surface area contributed by atoms with Crippen molar-refractivity contribution in [2.75, 3.05) is 12.0 Å². The van der Waals surface area contributed by atoms with Crippen LogP contribution >= 0.6 is 11.8 Å². The molecule has 0 radical (unpaired) electrons. The van der Waals surface area contributed by atoms with Crippen molar-refractivity contribution in [3.8, 4) is 0 Å². The van der Waals surface area contributed by atoms with Gasteiger partial charge in [0.25, 0.3) is 0 Å². The van der Waals surface area contributed by atoms with Gasteiger partial charge in [0, 0.05) is 6.42 Å². The van der Waals surface area contributed by atoms with Crippen molar-refractivity contribution in [1.29, 1.82) is 0 Å². The average Bonchev–Trinajstić information content (AvgIpc) is 1.61. The zero-order chi connectivity index (χ0) is 5.70. The van der Waals surface area contributed by atoms with Gasteiger partial charge in [0.05, 0.1) is 0 Å². The summed E-state index contributed by atoms with van der Waals surface area (Å²) in [6.45, 7) is 1.62. The van der Waals surface area contributed by atoms with E-state index in [2.05, 4.69) is 0 Å². The molecule has 0 bridgehead atoms. The molecular formula is C5H10OS. The van der Waals surface area contributed by atoms with Gasteiger partial charge in [-0.2, -0.15) is 11.8 Å². The number of thioether (sulfide) groups is 1. The molecule has 0 aliphatic carbocycles. The van der Waals surface area contributed by atoms with Gasteiger partial charge in [-0.05, 0) is 18.9 Å². The maximum atomic E-state index is 10.2. The second-order valence-corrected chi connectivity index (χ2v) is 2.43. The van der Waals surface area contributed by atoms with E-state index in [1.165, 1.54) is 0 Å². The molecule has 0 unspecified atom stereocenters. The van der Waals surface area contributed by atoms with Gasteiger partial charge in [0.1, 0.15) is 5.78 Å². The first-order valence-electron chi connectivity index (χ1n) is 2.25. The van der Waals surface area contributed by atoms with E-state index in [4.69, 9.17) is 0 Å². The highest BCUT2D eigenvalue weighted by Crippen LogP contribution is 1.94. The van der Waals surface area contributed by atoms with Gasteiger partial charge in [-0.25, -0.2) is 0 Å². The number of rotatable bonds is 3. The fraction of sp³-hybridized carbons (Fsp3) is 0.800. The number of hydrogen-bond acceptors (Lipinski definition) is 2. The third-order valence-electron chi connectivity index (χ3n) is 0.658. The second kappa shape index (κ2) is 4.19. The summed E-state index contributed by atoms with van der Waals surface area (Å²) in [5, 5.41) is 0. The van der Waals surface area contributed by atoms with Crippen LogP contribution in [0.3, 0.4) is 0 Å². The summed E-state index contributed by atoms with van der Waals surface area (Å²) >= 11 is 1.71. The van der Waals surface area contributed by atoms with Gasteiger partial charge in [-0.3, -0.25) is 4.79 Å². The average molecular weight is 118 g/mol. The van der Waals surface area contributed by atoms with Gasteiger partial charge in [-0.15, -0.1) is 0 Å². The van der Waals surface area contributed by atoms with E-state index in [0.717, 1.165) is 12.2 Å². The van der Waals surface area contributed by atoms with Crippen molar-refractivity contribution in [3.63, 3.8) is 0 Å². The Kier molecular flexibility index (Phi) is 4.20. The highest BCUT2D eigenvalue weighted by Gasteiger charge is 1.87. The van der Waals surface area contributed by atoms with Crippen LogP contribution in [0.1, 0.15) is 13.3 Å². The van der Waals surface area contributed by atoms with E-state index in [9.17, 15) is 4.79 Å². The van der Waals surface area contributed by atoms with Gasteiger partial charge in [-0.1, -0.05) is 0 Å². The lowest BCUT2D eigenvalue weighted by Gasteiger charge is -1.86. The third kappa shape index (κ3) is 6.02. The lowest BCUT2D eigenvalue weighted by atomic mass is 10.4. The molecule has 0 rings (SSSR count). The Hall–Kier alpha value is 0.0200. The van der Waals surface area contributed by atoms with Gasteiger partial charge in [0.15, 0.2) is 0 Å². The topological polar surface area (TPSA) is 17.1 Å². The number of hydrogen-bond donors (Lipinski definition) is 0. The predicted molar refractivity (Wildman–Crippen MR) is 33.7 cm³/mol. The van der Waals surface area contributed by atoms with Crippen molar-refractivity contribution in [1.82, 2.24) is 0 Å². The van der Waals surface area contributed by atoms with Crippen LogP contribution in [0.15, 0.2) is 0 Å². The molecule has 0 saturated carbocycles. The molecule has 7 heavy (non-hydrogen) atoms. The molecule has 0 aliphatic heterocycles. The zero-order valence-corrected chi connectivity index (χ0v) is 5.55. The molecule has 0 aromatic carbocycles. The summed E-state index contributed by atoms with van der Waals surface area (Å²) in [6.07, 6.45) is 2.73. The lowest BCUT2D eigenvalue weighted by molar-refractivity contribution is -0.116. The van der Waals surface area contributed by atoms with Crippen LogP contribution in [0.5, 0.6) is 0 Å². The van der Waals surface area contributed by atoms with Crippen LogP contribution in [0.25, 0.3) is 0 Å². The molecule has 1 nitrogen and oxygen atoms in total. The standard InChI is InChI=1S/C5H10OS/c1-5(6)3-4-7-2/h3-4H2,1-2H3. The van der Waals surface area contributed by atoms with E-state index < -0.39 is 0 Å². The molecule has 0 heterocycles. The summed E-state index contributed by atoms with van der Waals surface area (Å²) in [5.41, 5.74) is 0. The van der Waals surface area contributed by atoms with Crippen molar-refractivity contribution in [2.24, 2.45) is 0 Å². The summed E-state index contributed by atoms with van der Waals surface area (Å²) < 4.78 is 0. The minimum Gasteiger partial charge on any atom is -0.300 e. The highest BCUT2D eigenvalue weighted by molar-refractivity contribution is 7.98. The molecule has 2 heteroatoms. The maximum absolute atomic E-state index is 10.2. The van der Waals surface area contributed by atoms with Crippen LogP contribution in [0.2, 0.25) is 0 Å². The number of carbonyl (C=O) groups is 1. The largest absolute Gasteiger partial charge is 0.300 e. The Morgan fingerprint density at radius 3 is 2.43 bits per heavy atom. The number of ketones is 1. The Bertz CT molecular complexity index is 61.1. The van der Waals surface area contributed by atoms with Crippen LogP contribution in [0.4, 0.5) is 0 Å². The van der Waals surface area contributed by atoms with Crippen molar-refractivity contribution in [3.05, 3.63) is 0 Å². The minimum absolute atomic E-state index is 0.286. The first kappa shape index (κ1) is 7.02. The van der Waals surface area contributed by atoms with Crippen molar-refractivity contribution in [2.45, 2.75) is 13.3 Å². The fourth-order valence-corrected chi connectivity index (χ4v) is 0.737. The molecule has 0 fully saturated rings. The van der Waals surface area contributed by atoms with E-state index >= 15 is 0 Å². The van der Waals surface area contributed by atoms with Gasteiger partial charge in [0.2, 0.25) is 0 Å². The molecule has 0 spiro atoms. The zero-order valence-electron chi connectivity index (χ0n) is 4.73. The molecule has 0 atom stereocenters. The first-order chi connectivity index (χ1) is 3.27. The van der Waals surface area contributed by atoms with Crippen LogP contribution < -0.4 is 0 Å². The third-order valence-corrected chi connectivity index (χ3v) is 1.27. The fourth-order valence-electron chi connectivity index (χ4n) is 0.246. The van der Waals surface area contributed by atoms with Gasteiger partial charge < -0.3 is 0 Å². The SMILES string of the molecule is CSCCC(C)=O. The molecule has 0 N–H and O–H groups in total. The van der Waals surface area contributed by atoms with Crippen LogP contribution in [0, 0.1) is 0 Å². The number of carbonyl (C=O) groups excluding carboxylic acids is 1. The van der Waals surface area contributed by atoms with E-state index in [0.29, 0.717) is 0 Å². The summed E-state index contributed by atoms with van der Waals surface area (Å²) in [6, 6.07) is 0. The first-order valence-corrected chi connectivity index (χ1v) is 3.65. The quantitative estimate of drug-likeness (QED) is 0.556. The van der Waals surface area contributed by atoms with Crippen LogP contribution in [-0.4, -0.2) is 17.8 Å². The molecule has 0 saturated heterocycles. The smallest absolute Gasteiger partial charge is 0.130 e. The summed E-state index contributed by atoms with van der Waals surface area (Å²) in [7, 11) is 0. The molecule has 0 amide bonds.